The summed E-state index contributed by atoms with van der Waals surface area (Å²) in [6.45, 7) is 6.36. The van der Waals surface area contributed by atoms with Gasteiger partial charge in [0.25, 0.3) is 5.69 Å². The van der Waals surface area contributed by atoms with Gasteiger partial charge < -0.3 is 15.0 Å². The Bertz CT molecular complexity index is 876. The number of thiocarbonyl (C=S) groups is 1. The van der Waals surface area contributed by atoms with Crippen LogP contribution in [0.2, 0.25) is 0 Å². The Morgan fingerprint density at radius 2 is 2.07 bits per heavy atom. The number of nitro groups is 1. The molecule has 1 aromatic carbocycles. The van der Waals surface area contributed by atoms with Crippen LogP contribution >= 0.6 is 12.2 Å². The number of non-ortho nitro benzene ring substituents is 1. The third-order valence-electron chi connectivity index (χ3n) is 5.03. The molecule has 150 valence electrons. The van der Waals surface area contributed by atoms with Crippen LogP contribution in [0.25, 0.3) is 0 Å². The number of hydrogen-bond donors (Lipinski definition) is 1. The maximum absolute atomic E-state index is 10.9. The first kappa shape index (κ1) is 20.0. The molecule has 1 N–H and O–H groups in total. The maximum atomic E-state index is 10.9. The van der Waals surface area contributed by atoms with Crippen LogP contribution in [0.1, 0.15) is 11.3 Å². The summed E-state index contributed by atoms with van der Waals surface area (Å²) in [5.41, 5.74) is 3.02. The van der Waals surface area contributed by atoms with Crippen molar-refractivity contribution in [3.05, 3.63) is 45.8 Å². The second kappa shape index (κ2) is 8.53. The molecular formula is C18H24N6O3S. The van der Waals surface area contributed by atoms with E-state index in [1.165, 1.54) is 30.5 Å². The highest BCUT2D eigenvalue weighted by molar-refractivity contribution is 7.80. The van der Waals surface area contributed by atoms with Gasteiger partial charge in [-0.05, 0) is 25.2 Å². The highest BCUT2D eigenvalue weighted by atomic mass is 32.1. The average molecular weight is 404 g/mol. The van der Waals surface area contributed by atoms with Crippen molar-refractivity contribution in [3.63, 3.8) is 0 Å². The lowest BCUT2D eigenvalue weighted by Crippen LogP contribution is -2.49. The number of aryl methyl sites for hydroxylation is 1. The molecule has 1 saturated heterocycles. The Morgan fingerprint density at radius 1 is 1.36 bits per heavy atom. The van der Waals surface area contributed by atoms with Crippen LogP contribution in [-0.2, 0) is 13.6 Å². The van der Waals surface area contributed by atoms with Crippen LogP contribution in [0.3, 0.4) is 0 Å². The topological polar surface area (TPSA) is 88.7 Å². The standard InChI is InChI=1S/C18H24N6O3S/c1-13-14(11-19-21(13)2)12-22-6-8-23(9-7-22)18(28)20-16-5-4-15(24(25)26)10-17(16)27-3/h4-5,10-11H,6-9,12H2,1-3H3,(H,20,28). The second-order valence-electron chi connectivity index (χ2n) is 6.71. The fourth-order valence-corrected chi connectivity index (χ4v) is 3.43. The van der Waals surface area contributed by atoms with Crippen molar-refractivity contribution >= 4 is 28.7 Å². The molecule has 1 aliphatic heterocycles. The number of nitro benzene ring substituents is 1. The van der Waals surface area contributed by atoms with Crippen molar-refractivity contribution in [3.8, 4) is 5.75 Å². The van der Waals surface area contributed by atoms with E-state index in [1.54, 1.807) is 6.07 Å². The molecule has 0 saturated carbocycles. The van der Waals surface area contributed by atoms with Crippen molar-refractivity contribution < 1.29 is 9.66 Å². The van der Waals surface area contributed by atoms with Gasteiger partial charge in [-0.25, -0.2) is 0 Å². The van der Waals surface area contributed by atoms with Crippen molar-refractivity contribution in [2.24, 2.45) is 7.05 Å². The average Bonchev–Trinajstić information content (AvgIpc) is 3.00. The smallest absolute Gasteiger partial charge is 0.273 e. The first-order valence-corrected chi connectivity index (χ1v) is 9.38. The molecule has 9 nitrogen and oxygen atoms in total. The van der Waals surface area contributed by atoms with Gasteiger partial charge >= 0.3 is 0 Å². The quantitative estimate of drug-likeness (QED) is 0.461. The summed E-state index contributed by atoms with van der Waals surface area (Å²) in [6.07, 6.45) is 1.93. The first-order valence-electron chi connectivity index (χ1n) is 8.97. The van der Waals surface area contributed by atoms with Crippen molar-refractivity contribution in [1.82, 2.24) is 19.6 Å². The monoisotopic (exact) mass is 404 g/mol. The van der Waals surface area contributed by atoms with Crippen LogP contribution in [0.5, 0.6) is 5.75 Å². The Morgan fingerprint density at radius 3 is 2.64 bits per heavy atom. The van der Waals surface area contributed by atoms with E-state index in [-0.39, 0.29) is 5.69 Å². The maximum Gasteiger partial charge on any atom is 0.273 e. The van der Waals surface area contributed by atoms with E-state index in [2.05, 4.69) is 27.1 Å². The number of methoxy groups -OCH3 is 1. The number of piperazine rings is 1. The fourth-order valence-electron chi connectivity index (χ4n) is 3.14. The lowest BCUT2D eigenvalue weighted by Gasteiger charge is -2.36. The summed E-state index contributed by atoms with van der Waals surface area (Å²) in [5.74, 6) is 0.391. The summed E-state index contributed by atoms with van der Waals surface area (Å²) < 4.78 is 7.15. The minimum atomic E-state index is -0.451. The van der Waals surface area contributed by atoms with Crippen LogP contribution < -0.4 is 10.1 Å². The minimum Gasteiger partial charge on any atom is -0.494 e. The van der Waals surface area contributed by atoms with Crippen LogP contribution in [0.4, 0.5) is 11.4 Å². The van der Waals surface area contributed by atoms with Gasteiger partial charge in [-0.2, -0.15) is 5.10 Å². The third kappa shape index (κ3) is 4.39. The largest absolute Gasteiger partial charge is 0.494 e. The lowest BCUT2D eigenvalue weighted by atomic mass is 10.2. The predicted octanol–water partition coefficient (Wildman–Crippen LogP) is 2.16. The summed E-state index contributed by atoms with van der Waals surface area (Å²) in [4.78, 5) is 15.0. The molecule has 3 rings (SSSR count). The molecule has 10 heteroatoms. The normalized spacial score (nSPS) is 14.8. The first-order chi connectivity index (χ1) is 13.4. The van der Waals surface area contributed by atoms with Gasteiger partial charge in [0.1, 0.15) is 5.75 Å². The third-order valence-corrected chi connectivity index (χ3v) is 5.39. The van der Waals surface area contributed by atoms with E-state index in [4.69, 9.17) is 17.0 Å². The number of benzene rings is 1. The molecule has 0 spiro atoms. The van der Waals surface area contributed by atoms with Gasteiger partial charge in [0.05, 0.1) is 30.0 Å². The Labute approximate surface area is 169 Å². The summed E-state index contributed by atoms with van der Waals surface area (Å²) >= 11 is 5.53. The van der Waals surface area contributed by atoms with Crippen LogP contribution in [0.15, 0.2) is 24.4 Å². The zero-order valence-corrected chi connectivity index (χ0v) is 17.0. The van der Waals surface area contributed by atoms with E-state index < -0.39 is 4.92 Å². The van der Waals surface area contributed by atoms with Crippen LogP contribution in [-0.4, -0.2) is 62.9 Å². The zero-order valence-electron chi connectivity index (χ0n) is 16.2. The van der Waals surface area contributed by atoms with Crippen molar-refractivity contribution in [2.75, 3.05) is 38.6 Å². The Kier molecular flexibility index (Phi) is 6.10. The van der Waals surface area contributed by atoms with E-state index >= 15 is 0 Å². The number of hydrogen-bond acceptors (Lipinski definition) is 6. The molecule has 0 unspecified atom stereocenters. The Balaban J connectivity index is 1.57. The van der Waals surface area contributed by atoms with E-state index in [9.17, 15) is 10.1 Å². The number of nitrogens with one attached hydrogen (secondary N) is 1. The minimum absolute atomic E-state index is 0.0207. The fraction of sp³-hybridized carbons (Fsp3) is 0.444. The molecule has 0 radical (unpaired) electrons. The van der Waals surface area contributed by atoms with Gasteiger partial charge in [0, 0.05) is 57.1 Å². The molecule has 1 aliphatic rings. The van der Waals surface area contributed by atoms with Gasteiger partial charge in [-0.15, -0.1) is 0 Å². The molecule has 0 amide bonds. The molecule has 2 heterocycles. The number of aromatic nitrogens is 2. The Hall–Kier alpha value is -2.72. The zero-order chi connectivity index (χ0) is 20.3. The number of nitrogens with zero attached hydrogens (tertiary/aromatic N) is 5. The molecule has 1 aromatic heterocycles. The molecule has 28 heavy (non-hydrogen) atoms. The molecular weight excluding hydrogens is 380 g/mol. The summed E-state index contributed by atoms with van der Waals surface area (Å²) in [5, 5.41) is 19.0. The number of ether oxygens (including phenoxy) is 1. The van der Waals surface area contributed by atoms with Crippen LogP contribution in [0, 0.1) is 17.0 Å². The van der Waals surface area contributed by atoms with Gasteiger partial charge in [0.15, 0.2) is 5.11 Å². The lowest BCUT2D eigenvalue weighted by molar-refractivity contribution is -0.384. The van der Waals surface area contributed by atoms with E-state index in [0.29, 0.717) is 16.5 Å². The molecule has 1 fully saturated rings. The molecule has 0 bridgehead atoms. The SMILES string of the molecule is COc1cc([N+](=O)[O-])ccc1NC(=S)N1CCN(Cc2cnn(C)c2C)CC1. The van der Waals surface area contributed by atoms with Gasteiger partial charge in [-0.1, -0.05) is 0 Å². The highest BCUT2D eigenvalue weighted by Gasteiger charge is 2.21. The van der Waals surface area contributed by atoms with Crippen molar-refractivity contribution in [2.45, 2.75) is 13.5 Å². The molecule has 2 aromatic rings. The van der Waals surface area contributed by atoms with Gasteiger partial charge in [0.2, 0.25) is 0 Å². The summed E-state index contributed by atoms with van der Waals surface area (Å²) in [6, 6.07) is 4.44. The van der Waals surface area contributed by atoms with Crippen molar-refractivity contribution in [1.29, 1.82) is 0 Å². The van der Waals surface area contributed by atoms with E-state index in [1.807, 2.05) is 17.9 Å². The van der Waals surface area contributed by atoms with E-state index in [0.717, 1.165) is 32.7 Å². The number of anilines is 1. The number of rotatable bonds is 5. The highest BCUT2D eigenvalue weighted by Crippen LogP contribution is 2.29. The van der Waals surface area contributed by atoms with Gasteiger partial charge in [-0.3, -0.25) is 19.7 Å². The second-order valence-corrected chi connectivity index (χ2v) is 7.10. The predicted molar refractivity (Wildman–Crippen MR) is 111 cm³/mol. The summed E-state index contributed by atoms with van der Waals surface area (Å²) in [7, 11) is 3.43. The molecule has 0 aliphatic carbocycles. The molecule has 0 atom stereocenters.